The number of benzene rings is 1. The average Bonchev–Trinajstić information content (AvgIpc) is 3.35. The average molecular weight is 491 g/mol. The van der Waals surface area contributed by atoms with Crippen LogP contribution in [0.2, 0.25) is 0 Å². The Morgan fingerprint density at radius 3 is 3.03 bits per heavy atom. The molecule has 1 aromatic carbocycles. The smallest absolute Gasteiger partial charge is 0.142 e. The Morgan fingerprint density at radius 2 is 2.19 bits per heavy atom. The van der Waals surface area contributed by atoms with Crippen LogP contribution in [-0.4, -0.2) is 77.7 Å². The van der Waals surface area contributed by atoms with Crippen molar-refractivity contribution in [2.24, 2.45) is 5.92 Å². The maximum atomic E-state index is 9.20. The molecular weight excluding hydrogens is 456 g/mol. The van der Waals surface area contributed by atoms with Crippen LogP contribution in [0.4, 0.5) is 5.69 Å². The van der Waals surface area contributed by atoms with Gasteiger partial charge in [-0.3, -0.25) is 4.90 Å². The van der Waals surface area contributed by atoms with Gasteiger partial charge in [0, 0.05) is 67.0 Å². The Hall–Kier alpha value is -3.09. The summed E-state index contributed by atoms with van der Waals surface area (Å²) in [6.07, 6.45) is 4.53. The van der Waals surface area contributed by atoms with E-state index in [4.69, 9.17) is 14.6 Å². The lowest BCUT2D eigenvalue weighted by atomic mass is 10.0. The van der Waals surface area contributed by atoms with E-state index < -0.39 is 0 Å². The summed E-state index contributed by atoms with van der Waals surface area (Å²) in [5, 5.41) is 22.5. The van der Waals surface area contributed by atoms with Crippen molar-refractivity contribution in [3.63, 3.8) is 0 Å². The van der Waals surface area contributed by atoms with Crippen LogP contribution < -0.4 is 10.1 Å². The summed E-state index contributed by atoms with van der Waals surface area (Å²) in [5.41, 5.74) is 5.72. The fraction of sp³-hybridized carbons (Fsp3) is 0.464. The van der Waals surface area contributed by atoms with E-state index in [0.717, 1.165) is 72.0 Å². The van der Waals surface area contributed by atoms with Gasteiger partial charge in [0.15, 0.2) is 0 Å². The molecule has 36 heavy (non-hydrogen) atoms. The monoisotopic (exact) mass is 490 g/mol. The van der Waals surface area contributed by atoms with Crippen molar-refractivity contribution >= 4 is 16.7 Å². The van der Waals surface area contributed by atoms with Gasteiger partial charge in [0.05, 0.1) is 38.3 Å². The van der Waals surface area contributed by atoms with Crippen LogP contribution in [-0.2, 0) is 11.3 Å². The molecule has 8 heteroatoms. The number of likely N-dealkylation sites (tertiary alicyclic amines) is 1. The van der Waals surface area contributed by atoms with Crippen molar-refractivity contribution in [1.82, 2.24) is 14.9 Å². The SMILES string of the molecule is COc1cc(-c2[nH]c3ncc(C#CCCO)cc3c2CN2CC3CCOCC2C3)ccc1NCCO. The molecule has 2 saturated heterocycles. The molecule has 190 valence electrons. The summed E-state index contributed by atoms with van der Waals surface area (Å²) in [5.74, 6) is 7.53. The number of pyridine rings is 1. The van der Waals surface area contributed by atoms with Gasteiger partial charge in [0.25, 0.3) is 0 Å². The second-order valence-corrected chi connectivity index (χ2v) is 9.49. The van der Waals surface area contributed by atoms with Gasteiger partial charge in [-0.05, 0) is 37.0 Å². The molecule has 4 N–H and O–H groups in total. The fourth-order valence-electron chi connectivity index (χ4n) is 5.34. The molecule has 0 aliphatic carbocycles. The van der Waals surface area contributed by atoms with E-state index in [1.807, 2.05) is 12.1 Å². The highest BCUT2D eigenvalue weighted by Crippen LogP contribution is 2.38. The fourth-order valence-corrected chi connectivity index (χ4v) is 5.34. The number of H-pyrrole nitrogens is 1. The first-order valence-corrected chi connectivity index (χ1v) is 12.7. The first kappa shape index (κ1) is 24.6. The molecule has 2 fully saturated rings. The van der Waals surface area contributed by atoms with Gasteiger partial charge in [-0.1, -0.05) is 17.9 Å². The van der Waals surface area contributed by atoms with Crippen LogP contribution in [0.15, 0.2) is 30.5 Å². The summed E-state index contributed by atoms with van der Waals surface area (Å²) >= 11 is 0. The Morgan fingerprint density at radius 1 is 1.28 bits per heavy atom. The second kappa shape index (κ2) is 11.3. The Bertz CT molecular complexity index is 1260. The number of aromatic nitrogens is 2. The largest absolute Gasteiger partial charge is 0.495 e. The summed E-state index contributed by atoms with van der Waals surface area (Å²) < 4.78 is 11.5. The summed E-state index contributed by atoms with van der Waals surface area (Å²) in [6.45, 7) is 4.07. The van der Waals surface area contributed by atoms with Crippen LogP contribution in [0.5, 0.6) is 5.75 Å². The van der Waals surface area contributed by atoms with Crippen molar-refractivity contribution < 1.29 is 19.7 Å². The number of nitrogens with one attached hydrogen (secondary N) is 2. The predicted molar refractivity (Wildman–Crippen MR) is 140 cm³/mol. The Labute approximate surface area is 211 Å². The van der Waals surface area contributed by atoms with E-state index in [1.54, 1.807) is 13.3 Å². The summed E-state index contributed by atoms with van der Waals surface area (Å²) in [4.78, 5) is 10.8. The van der Waals surface area contributed by atoms with Gasteiger partial charge in [-0.15, -0.1) is 0 Å². The van der Waals surface area contributed by atoms with Gasteiger partial charge in [0.2, 0.25) is 0 Å². The van der Waals surface area contributed by atoms with Crippen molar-refractivity contribution in [2.75, 3.05) is 51.9 Å². The molecule has 3 aromatic rings. The molecular formula is C28H34N4O4. The van der Waals surface area contributed by atoms with Crippen LogP contribution in [0.25, 0.3) is 22.3 Å². The number of aliphatic hydroxyl groups excluding tert-OH is 2. The highest BCUT2D eigenvalue weighted by Gasteiger charge is 2.35. The standard InChI is InChI=1S/C28H34N4O4/c1-35-26-14-21(5-6-25(26)29-8-10-34)27-24(17-32-16-20-7-11-36-18-22(32)12-20)23-13-19(4-2-3-9-33)15-30-28(23)31-27/h5-6,13-15,20,22,29,33-34H,3,7-12,16-18H2,1H3,(H,30,31). The third-order valence-electron chi connectivity index (χ3n) is 7.10. The number of methoxy groups -OCH3 is 1. The third kappa shape index (κ3) is 5.20. The molecule has 0 saturated carbocycles. The van der Waals surface area contributed by atoms with Crippen molar-refractivity contribution in [3.05, 3.63) is 41.6 Å². The van der Waals surface area contributed by atoms with Crippen molar-refractivity contribution in [1.29, 1.82) is 0 Å². The molecule has 2 aromatic heterocycles. The number of ether oxygens (including phenoxy) is 2. The predicted octanol–water partition coefficient (Wildman–Crippen LogP) is 2.99. The molecule has 0 spiro atoms. The van der Waals surface area contributed by atoms with Crippen LogP contribution >= 0.6 is 0 Å². The minimum atomic E-state index is 0.0484. The topological polar surface area (TPSA) is 103 Å². The quantitative estimate of drug-likeness (QED) is 0.360. The first-order valence-electron chi connectivity index (χ1n) is 12.7. The number of nitrogens with zero attached hydrogens (tertiary/aromatic N) is 2. The van der Waals surface area contributed by atoms with Crippen LogP contribution in [0, 0.1) is 17.8 Å². The number of aromatic amines is 1. The highest BCUT2D eigenvalue weighted by molar-refractivity contribution is 5.89. The normalized spacial score (nSPS) is 19.6. The minimum absolute atomic E-state index is 0.0484. The zero-order valence-corrected chi connectivity index (χ0v) is 20.7. The molecule has 2 unspecified atom stereocenters. The molecule has 0 radical (unpaired) electrons. The van der Waals surface area contributed by atoms with E-state index in [-0.39, 0.29) is 13.2 Å². The number of rotatable bonds is 8. The van der Waals surface area contributed by atoms with E-state index in [9.17, 15) is 5.11 Å². The number of fused-ring (bicyclic) bond motifs is 3. The molecule has 2 aliphatic heterocycles. The molecule has 2 bridgehead atoms. The van der Waals surface area contributed by atoms with E-state index in [1.165, 1.54) is 12.0 Å². The zero-order chi connectivity index (χ0) is 24.9. The van der Waals surface area contributed by atoms with Gasteiger partial charge >= 0.3 is 0 Å². The molecule has 2 atom stereocenters. The minimum Gasteiger partial charge on any atom is -0.495 e. The lowest BCUT2D eigenvalue weighted by Gasteiger charge is -2.26. The summed E-state index contributed by atoms with van der Waals surface area (Å²) in [7, 11) is 1.65. The third-order valence-corrected chi connectivity index (χ3v) is 7.10. The number of aliphatic hydroxyl groups is 2. The number of anilines is 1. The lowest BCUT2D eigenvalue weighted by Crippen LogP contribution is -2.33. The maximum absolute atomic E-state index is 9.20. The first-order chi connectivity index (χ1) is 17.7. The Balaban J connectivity index is 1.56. The number of hydrogen-bond donors (Lipinski definition) is 4. The van der Waals surface area contributed by atoms with Crippen LogP contribution in [0.3, 0.4) is 0 Å². The maximum Gasteiger partial charge on any atom is 0.142 e. The Kier molecular flexibility index (Phi) is 7.73. The van der Waals surface area contributed by atoms with Gasteiger partial charge in [-0.25, -0.2) is 4.98 Å². The summed E-state index contributed by atoms with van der Waals surface area (Å²) in [6, 6.07) is 8.59. The zero-order valence-electron chi connectivity index (χ0n) is 20.7. The van der Waals surface area contributed by atoms with Crippen molar-refractivity contribution in [3.8, 4) is 28.8 Å². The molecule has 4 heterocycles. The van der Waals surface area contributed by atoms with Gasteiger partial charge in [-0.2, -0.15) is 0 Å². The molecule has 0 amide bonds. The lowest BCUT2D eigenvalue weighted by molar-refractivity contribution is 0.0676. The second-order valence-electron chi connectivity index (χ2n) is 9.49. The van der Waals surface area contributed by atoms with E-state index >= 15 is 0 Å². The van der Waals surface area contributed by atoms with Crippen molar-refractivity contribution in [2.45, 2.75) is 31.8 Å². The van der Waals surface area contributed by atoms with E-state index in [2.05, 4.69) is 44.2 Å². The van der Waals surface area contributed by atoms with E-state index in [0.29, 0.717) is 24.9 Å². The number of hydrogen-bond acceptors (Lipinski definition) is 7. The van der Waals surface area contributed by atoms with Gasteiger partial charge in [0.1, 0.15) is 11.4 Å². The van der Waals surface area contributed by atoms with Gasteiger partial charge < -0.3 is 30.0 Å². The highest BCUT2D eigenvalue weighted by atomic mass is 16.5. The molecule has 5 rings (SSSR count). The van der Waals surface area contributed by atoms with Crippen LogP contribution in [0.1, 0.15) is 30.4 Å². The molecule has 2 aliphatic rings. The molecule has 8 nitrogen and oxygen atoms in total.